The van der Waals surface area contributed by atoms with Gasteiger partial charge in [0.2, 0.25) is 0 Å². The van der Waals surface area contributed by atoms with Crippen LogP contribution in [0.15, 0.2) is 48.1 Å². The van der Waals surface area contributed by atoms with E-state index in [9.17, 15) is 0 Å². The summed E-state index contributed by atoms with van der Waals surface area (Å²) in [5.74, 6) is 1.55. The lowest BCUT2D eigenvalue weighted by molar-refractivity contribution is 0.287. The quantitative estimate of drug-likeness (QED) is 0.551. The van der Waals surface area contributed by atoms with Gasteiger partial charge in [0.1, 0.15) is 6.61 Å². The van der Waals surface area contributed by atoms with Crippen molar-refractivity contribution in [2.45, 2.75) is 26.0 Å². The maximum atomic E-state index is 5.88. The summed E-state index contributed by atoms with van der Waals surface area (Å²) >= 11 is 1.69. The maximum Gasteiger partial charge on any atom is 0.161 e. The third-order valence-corrected chi connectivity index (χ3v) is 4.93. The first kappa shape index (κ1) is 18.5. The van der Waals surface area contributed by atoms with Crippen LogP contribution in [0.3, 0.4) is 0 Å². The van der Waals surface area contributed by atoms with Gasteiger partial charge in [0.05, 0.1) is 13.3 Å². The van der Waals surface area contributed by atoms with E-state index in [1.54, 1.807) is 18.4 Å². The summed E-state index contributed by atoms with van der Waals surface area (Å²) < 4.78 is 13.2. The number of rotatable bonds is 10. The van der Waals surface area contributed by atoms with Crippen molar-refractivity contribution in [3.63, 3.8) is 0 Å². The molecule has 0 atom stereocenters. The fourth-order valence-corrected chi connectivity index (χ4v) is 3.35. The Morgan fingerprint density at radius 2 is 2.12 bits per heavy atom. The minimum atomic E-state index is 0.569. The fraction of sp³-hybridized carbons (Fsp3) is 0.350. The Morgan fingerprint density at radius 3 is 2.85 bits per heavy atom. The van der Waals surface area contributed by atoms with Crippen LogP contribution in [-0.2, 0) is 26.6 Å². The molecule has 0 radical (unpaired) electrons. The molecule has 0 amide bonds. The van der Waals surface area contributed by atoms with Crippen molar-refractivity contribution in [2.24, 2.45) is 7.05 Å². The zero-order valence-electron chi connectivity index (χ0n) is 15.3. The van der Waals surface area contributed by atoms with Gasteiger partial charge in [0.15, 0.2) is 11.5 Å². The molecule has 3 aromatic rings. The Kier molecular flexibility index (Phi) is 6.68. The molecule has 0 spiro atoms. The minimum absolute atomic E-state index is 0.569. The van der Waals surface area contributed by atoms with Crippen LogP contribution in [0.5, 0.6) is 11.5 Å². The first-order valence-electron chi connectivity index (χ1n) is 8.75. The highest BCUT2D eigenvalue weighted by molar-refractivity contribution is 7.09. The Hall–Kier alpha value is -2.31. The van der Waals surface area contributed by atoms with E-state index in [1.165, 1.54) is 16.0 Å². The van der Waals surface area contributed by atoms with E-state index >= 15 is 0 Å². The van der Waals surface area contributed by atoms with Crippen LogP contribution in [0.4, 0.5) is 0 Å². The molecule has 2 aromatic heterocycles. The van der Waals surface area contributed by atoms with E-state index in [4.69, 9.17) is 9.47 Å². The van der Waals surface area contributed by atoms with Crippen molar-refractivity contribution in [1.82, 2.24) is 15.1 Å². The molecule has 3 rings (SSSR count). The zero-order chi connectivity index (χ0) is 18.2. The third-order valence-electron chi connectivity index (χ3n) is 4.08. The summed E-state index contributed by atoms with van der Waals surface area (Å²) in [6.07, 6.45) is 6.13. The zero-order valence-corrected chi connectivity index (χ0v) is 16.1. The summed E-state index contributed by atoms with van der Waals surface area (Å²) in [4.78, 5) is 1.20. The SMILES string of the molecule is COc1cc(CNCCCc2cnn(C)c2)ccc1OCc1cccs1. The molecule has 2 heterocycles. The lowest BCUT2D eigenvalue weighted by atomic mass is 10.2. The highest BCUT2D eigenvalue weighted by atomic mass is 32.1. The average Bonchev–Trinajstić information content (AvgIpc) is 3.31. The highest BCUT2D eigenvalue weighted by Gasteiger charge is 2.07. The lowest BCUT2D eigenvalue weighted by Gasteiger charge is -2.12. The summed E-state index contributed by atoms with van der Waals surface area (Å²) in [5, 5.41) is 9.73. The summed E-state index contributed by atoms with van der Waals surface area (Å²) in [6.45, 7) is 2.35. The third kappa shape index (κ3) is 5.34. The van der Waals surface area contributed by atoms with Crippen LogP contribution in [0.1, 0.15) is 22.4 Å². The molecule has 0 saturated heterocycles. The van der Waals surface area contributed by atoms with Crippen molar-refractivity contribution in [3.05, 3.63) is 64.1 Å². The van der Waals surface area contributed by atoms with Gasteiger partial charge in [-0.3, -0.25) is 4.68 Å². The number of nitrogens with zero attached hydrogens (tertiary/aromatic N) is 2. The second-order valence-electron chi connectivity index (χ2n) is 6.16. The molecule has 6 heteroatoms. The van der Waals surface area contributed by atoms with Gasteiger partial charge in [0.25, 0.3) is 0 Å². The first-order chi connectivity index (χ1) is 12.7. The fourth-order valence-electron chi connectivity index (χ4n) is 2.74. The molecule has 0 unspecified atom stereocenters. The summed E-state index contributed by atoms with van der Waals surface area (Å²) in [6, 6.07) is 10.2. The molecule has 5 nitrogen and oxygen atoms in total. The molecule has 26 heavy (non-hydrogen) atoms. The number of aryl methyl sites for hydroxylation is 2. The normalized spacial score (nSPS) is 10.8. The van der Waals surface area contributed by atoms with Crippen LogP contribution < -0.4 is 14.8 Å². The van der Waals surface area contributed by atoms with Gasteiger partial charge in [-0.1, -0.05) is 12.1 Å². The highest BCUT2D eigenvalue weighted by Crippen LogP contribution is 2.29. The molecule has 1 aromatic carbocycles. The molecular weight excluding hydrogens is 346 g/mol. The molecule has 0 fully saturated rings. The van der Waals surface area contributed by atoms with Gasteiger partial charge in [0, 0.05) is 24.7 Å². The summed E-state index contributed by atoms with van der Waals surface area (Å²) in [5.41, 5.74) is 2.47. The predicted octanol–water partition coefficient (Wildman–Crippen LogP) is 3.79. The second kappa shape index (κ2) is 9.40. The van der Waals surface area contributed by atoms with E-state index in [1.807, 2.05) is 36.1 Å². The molecule has 1 N–H and O–H groups in total. The van der Waals surface area contributed by atoms with Crippen LogP contribution >= 0.6 is 11.3 Å². The minimum Gasteiger partial charge on any atom is -0.493 e. The van der Waals surface area contributed by atoms with E-state index in [0.717, 1.165) is 37.4 Å². The van der Waals surface area contributed by atoms with Gasteiger partial charge in [-0.05, 0) is 54.1 Å². The average molecular weight is 372 g/mol. The van der Waals surface area contributed by atoms with Crippen molar-refractivity contribution in [2.75, 3.05) is 13.7 Å². The van der Waals surface area contributed by atoms with Gasteiger partial charge in [-0.25, -0.2) is 0 Å². The molecule has 0 aliphatic carbocycles. The Labute approximate surface area is 158 Å². The molecule has 0 aliphatic heterocycles. The van der Waals surface area contributed by atoms with Crippen molar-refractivity contribution in [3.8, 4) is 11.5 Å². The number of thiophene rings is 1. The molecule has 0 saturated carbocycles. The number of methoxy groups -OCH3 is 1. The van der Waals surface area contributed by atoms with Crippen molar-refractivity contribution < 1.29 is 9.47 Å². The van der Waals surface area contributed by atoms with Crippen LogP contribution in [0.2, 0.25) is 0 Å². The number of ether oxygens (including phenoxy) is 2. The number of aromatic nitrogens is 2. The molecule has 138 valence electrons. The predicted molar refractivity (Wildman–Crippen MR) is 105 cm³/mol. The number of nitrogens with one attached hydrogen (secondary N) is 1. The molecule has 0 aliphatic rings. The van der Waals surface area contributed by atoms with E-state index < -0.39 is 0 Å². The van der Waals surface area contributed by atoms with Crippen LogP contribution in [0, 0.1) is 0 Å². The van der Waals surface area contributed by atoms with Gasteiger partial charge in [-0.15, -0.1) is 11.3 Å². The van der Waals surface area contributed by atoms with Crippen LogP contribution in [0.25, 0.3) is 0 Å². The number of hydrogen-bond acceptors (Lipinski definition) is 5. The number of hydrogen-bond donors (Lipinski definition) is 1. The Bertz CT molecular complexity index is 799. The largest absolute Gasteiger partial charge is 0.493 e. The van der Waals surface area contributed by atoms with Gasteiger partial charge >= 0.3 is 0 Å². The van der Waals surface area contributed by atoms with Crippen molar-refractivity contribution in [1.29, 1.82) is 0 Å². The van der Waals surface area contributed by atoms with E-state index in [0.29, 0.717) is 6.61 Å². The standard InChI is InChI=1S/C20H25N3O2S/c1-23-14-17(13-22-23)5-3-9-21-12-16-7-8-19(20(11-16)24-2)25-15-18-6-4-10-26-18/h4,6-8,10-11,13-14,21H,3,5,9,12,15H2,1-2H3. The van der Waals surface area contributed by atoms with E-state index in [-0.39, 0.29) is 0 Å². The Balaban J connectivity index is 1.44. The van der Waals surface area contributed by atoms with Crippen LogP contribution in [-0.4, -0.2) is 23.4 Å². The van der Waals surface area contributed by atoms with Gasteiger partial charge in [-0.2, -0.15) is 5.10 Å². The Morgan fingerprint density at radius 1 is 1.19 bits per heavy atom. The summed E-state index contributed by atoms with van der Waals surface area (Å²) in [7, 11) is 3.63. The molecular formula is C20H25N3O2S. The number of benzene rings is 1. The van der Waals surface area contributed by atoms with Gasteiger partial charge < -0.3 is 14.8 Å². The monoisotopic (exact) mass is 371 g/mol. The maximum absolute atomic E-state index is 5.88. The lowest BCUT2D eigenvalue weighted by Crippen LogP contribution is -2.15. The van der Waals surface area contributed by atoms with E-state index in [2.05, 4.69) is 34.1 Å². The topological polar surface area (TPSA) is 48.3 Å². The van der Waals surface area contributed by atoms with Crippen molar-refractivity contribution >= 4 is 11.3 Å². The first-order valence-corrected chi connectivity index (χ1v) is 9.63. The molecule has 0 bridgehead atoms. The smallest absolute Gasteiger partial charge is 0.161 e. The second-order valence-corrected chi connectivity index (χ2v) is 7.19.